The summed E-state index contributed by atoms with van der Waals surface area (Å²) in [6.07, 6.45) is 2.67. The average molecular weight is 232 g/mol. The molecule has 0 radical (unpaired) electrons. The van der Waals surface area contributed by atoms with Crippen molar-refractivity contribution in [3.8, 4) is 0 Å². The highest BCUT2D eigenvalue weighted by Crippen LogP contribution is 2.01. The molecule has 1 aromatic heterocycles. The molecule has 74 valence electrons. The zero-order chi connectivity index (χ0) is 10.6. The summed E-state index contributed by atoms with van der Waals surface area (Å²) in [6.45, 7) is 3.64. The van der Waals surface area contributed by atoms with E-state index in [0.717, 1.165) is 0 Å². The van der Waals surface area contributed by atoms with Gasteiger partial charge < -0.3 is 5.32 Å². The van der Waals surface area contributed by atoms with Crippen molar-refractivity contribution in [2.24, 2.45) is 0 Å². The lowest BCUT2D eigenvalue weighted by atomic mass is 10.3. The fourth-order valence-corrected chi connectivity index (χ4v) is 0.872. The van der Waals surface area contributed by atoms with Crippen molar-refractivity contribution >= 4 is 29.1 Å². The van der Waals surface area contributed by atoms with E-state index in [0.29, 0.717) is 10.6 Å². The largest absolute Gasteiger partial charge is 0.347 e. The molecule has 0 aliphatic carbocycles. The highest BCUT2D eigenvalue weighted by atomic mass is 35.5. The van der Waals surface area contributed by atoms with E-state index in [2.05, 4.69) is 21.9 Å². The SMILES string of the molecule is C=C(Cl)CNC(=O)c1cnc(Cl)nc1. The molecule has 0 aliphatic rings. The molecule has 1 aromatic rings. The maximum atomic E-state index is 11.3. The van der Waals surface area contributed by atoms with E-state index in [1.165, 1.54) is 12.4 Å². The highest BCUT2D eigenvalue weighted by molar-refractivity contribution is 6.29. The third-order valence-corrected chi connectivity index (χ3v) is 1.65. The lowest BCUT2D eigenvalue weighted by Gasteiger charge is -2.02. The second-order valence-electron chi connectivity index (χ2n) is 2.44. The fourth-order valence-electron chi connectivity index (χ4n) is 0.708. The summed E-state index contributed by atoms with van der Waals surface area (Å²) >= 11 is 10.9. The van der Waals surface area contributed by atoms with Gasteiger partial charge in [-0.25, -0.2) is 9.97 Å². The van der Waals surface area contributed by atoms with E-state index in [9.17, 15) is 4.79 Å². The molecule has 1 rings (SSSR count). The minimum atomic E-state index is -0.316. The Morgan fingerprint density at radius 3 is 2.57 bits per heavy atom. The third kappa shape index (κ3) is 3.32. The van der Waals surface area contributed by atoms with Gasteiger partial charge in [-0.1, -0.05) is 18.2 Å². The van der Waals surface area contributed by atoms with Crippen LogP contribution in [0.25, 0.3) is 0 Å². The summed E-state index contributed by atoms with van der Waals surface area (Å²) in [5, 5.41) is 2.98. The van der Waals surface area contributed by atoms with Crippen LogP contribution in [0.2, 0.25) is 5.28 Å². The molecule has 0 aliphatic heterocycles. The zero-order valence-electron chi connectivity index (χ0n) is 7.13. The summed E-state index contributed by atoms with van der Waals surface area (Å²) in [4.78, 5) is 18.7. The number of nitrogens with zero attached hydrogens (tertiary/aromatic N) is 2. The monoisotopic (exact) mass is 231 g/mol. The molecular weight excluding hydrogens is 225 g/mol. The van der Waals surface area contributed by atoms with Gasteiger partial charge in [0, 0.05) is 17.4 Å². The number of hydrogen-bond acceptors (Lipinski definition) is 3. The molecule has 0 atom stereocenters. The normalized spacial score (nSPS) is 9.57. The highest BCUT2D eigenvalue weighted by Gasteiger charge is 2.05. The van der Waals surface area contributed by atoms with Gasteiger partial charge in [0.1, 0.15) is 0 Å². The van der Waals surface area contributed by atoms with Crippen LogP contribution in [-0.2, 0) is 0 Å². The minimum absolute atomic E-state index is 0.100. The molecule has 0 fully saturated rings. The predicted octanol–water partition coefficient (Wildman–Crippen LogP) is 1.61. The van der Waals surface area contributed by atoms with Crippen molar-refractivity contribution in [2.45, 2.75) is 0 Å². The Bertz CT molecular complexity index is 350. The first-order valence-electron chi connectivity index (χ1n) is 3.68. The van der Waals surface area contributed by atoms with Crippen molar-refractivity contribution in [3.05, 3.63) is 34.9 Å². The quantitative estimate of drug-likeness (QED) is 0.805. The number of carbonyl (C=O) groups excluding carboxylic acids is 1. The van der Waals surface area contributed by atoms with Crippen LogP contribution >= 0.6 is 23.2 Å². The summed E-state index contributed by atoms with van der Waals surface area (Å²) < 4.78 is 0. The van der Waals surface area contributed by atoms with Crippen LogP contribution in [0.4, 0.5) is 0 Å². The Morgan fingerprint density at radius 2 is 2.07 bits per heavy atom. The maximum absolute atomic E-state index is 11.3. The number of carbonyl (C=O) groups is 1. The molecule has 6 heteroatoms. The van der Waals surface area contributed by atoms with E-state index in [1.807, 2.05) is 0 Å². The molecular formula is C8H7Cl2N3O. The summed E-state index contributed by atoms with van der Waals surface area (Å²) in [5.74, 6) is -0.316. The first-order valence-corrected chi connectivity index (χ1v) is 4.44. The van der Waals surface area contributed by atoms with E-state index in [-0.39, 0.29) is 17.7 Å². The first kappa shape index (κ1) is 10.9. The van der Waals surface area contributed by atoms with E-state index in [4.69, 9.17) is 23.2 Å². The molecule has 0 saturated carbocycles. The standard InChI is InChI=1S/C8H7Cl2N3O/c1-5(9)2-11-7(14)6-3-12-8(10)13-4-6/h3-4H,1-2H2,(H,11,14). The molecule has 1 amide bonds. The molecule has 4 nitrogen and oxygen atoms in total. The first-order chi connectivity index (χ1) is 6.59. The van der Waals surface area contributed by atoms with Crippen molar-refractivity contribution in [3.63, 3.8) is 0 Å². The van der Waals surface area contributed by atoms with Gasteiger partial charge in [0.2, 0.25) is 5.28 Å². The fraction of sp³-hybridized carbons (Fsp3) is 0.125. The average Bonchev–Trinajstić information content (AvgIpc) is 2.15. The minimum Gasteiger partial charge on any atom is -0.347 e. The van der Waals surface area contributed by atoms with E-state index >= 15 is 0 Å². The Hall–Kier alpha value is -1.13. The Balaban J connectivity index is 2.61. The van der Waals surface area contributed by atoms with Crippen LogP contribution < -0.4 is 5.32 Å². The van der Waals surface area contributed by atoms with Crippen LogP contribution in [0, 0.1) is 0 Å². The lowest BCUT2D eigenvalue weighted by Crippen LogP contribution is -2.24. The molecule has 0 unspecified atom stereocenters. The van der Waals surface area contributed by atoms with Gasteiger partial charge in [0.05, 0.1) is 12.1 Å². The lowest BCUT2D eigenvalue weighted by molar-refractivity contribution is 0.0957. The summed E-state index contributed by atoms with van der Waals surface area (Å²) in [7, 11) is 0. The predicted molar refractivity (Wildman–Crippen MR) is 54.4 cm³/mol. The second-order valence-corrected chi connectivity index (χ2v) is 3.31. The number of aromatic nitrogens is 2. The van der Waals surface area contributed by atoms with Gasteiger partial charge >= 0.3 is 0 Å². The van der Waals surface area contributed by atoms with Crippen molar-refractivity contribution in [1.29, 1.82) is 0 Å². The molecule has 1 heterocycles. The van der Waals surface area contributed by atoms with Gasteiger partial charge in [-0.2, -0.15) is 0 Å². The summed E-state index contributed by atoms with van der Waals surface area (Å²) in [5.41, 5.74) is 0.326. The second kappa shape index (κ2) is 4.93. The van der Waals surface area contributed by atoms with E-state index < -0.39 is 0 Å². The van der Waals surface area contributed by atoms with Crippen molar-refractivity contribution < 1.29 is 4.79 Å². The maximum Gasteiger partial charge on any atom is 0.254 e. The molecule has 14 heavy (non-hydrogen) atoms. The number of amides is 1. The van der Waals surface area contributed by atoms with Crippen molar-refractivity contribution in [1.82, 2.24) is 15.3 Å². The smallest absolute Gasteiger partial charge is 0.254 e. The molecule has 0 saturated heterocycles. The van der Waals surface area contributed by atoms with Crippen LogP contribution in [0.3, 0.4) is 0 Å². The van der Waals surface area contributed by atoms with E-state index in [1.54, 1.807) is 0 Å². The number of rotatable bonds is 3. The van der Waals surface area contributed by atoms with Gasteiger partial charge in [0.15, 0.2) is 0 Å². The zero-order valence-corrected chi connectivity index (χ0v) is 8.64. The van der Waals surface area contributed by atoms with Gasteiger partial charge in [-0.15, -0.1) is 0 Å². The van der Waals surface area contributed by atoms with Crippen LogP contribution in [0.5, 0.6) is 0 Å². The number of nitrogens with one attached hydrogen (secondary N) is 1. The topological polar surface area (TPSA) is 54.9 Å². The van der Waals surface area contributed by atoms with Crippen LogP contribution in [-0.4, -0.2) is 22.4 Å². The Labute approximate surface area is 91.0 Å². The van der Waals surface area contributed by atoms with Crippen molar-refractivity contribution in [2.75, 3.05) is 6.54 Å². The molecule has 1 N–H and O–H groups in total. The third-order valence-electron chi connectivity index (χ3n) is 1.32. The molecule has 0 bridgehead atoms. The van der Waals surface area contributed by atoms with Gasteiger partial charge in [-0.05, 0) is 11.6 Å². The summed E-state index contributed by atoms with van der Waals surface area (Å²) in [6, 6.07) is 0. The number of hydrogen-bond donors (Lipinski definition) is 1. The Morgan fingerprint density at radius 1 is 1.50 bits per heavy atom. The molecule has 0 aromatic carbocycles. The van der Waals surface area contributed by atoms with Crippen LogP contribution in [0.15, 0.2) is 24.0 Å². The Kier molecular flexibility index (Phi) is 3.85. The van der Waals surface area contributed by atoms with Gasteiger partial charge in [0.25, 0.3) is 5.91 Å². The number of halogens is 2. The van der Waals surface area contributed by atoms with Crippen LogP contribution in [0.1, 0.15) is 10.4 Å². The molecule has 0 spiro atoms. The van der Waals surface area contributed by atoms with Gasteiger partial charge in [-0.3, -0.25) is 4.79 Å².